The highest BCUT2D eigenvalue weighted by atomic mass is 79.9. The molecule has 124 valence electrons. The Hall–Kier alpha value is -1.67. The first-order chi connectivity index (χ1) is 10.7. The molecule has 0 aliphatic carbocycles. The molecule has 2 rings (SSSR count). The third-order valence-electron chi connectivity index (χ3n) is 3.53. The Morgan fingerprint density at radius 2 is 2.13 bits per heavy atom. The van der Waals surface area contributed by atoms with E-state index in [0.29, 0.717) is 18.2 Å². The van der Waals surface area contributed by atoms with E-state index in [1.54, 1.807) is 4.90 Å². The normalized spacial score (nSPS) is 20.8. The van der Waals surface area contributed by atoms with Crippen LogP contribution < -0.4 is 5.73 Å². The monoisotopic (exact) mass is 378 g/mol. The number of hydrogen-bond acceptors (Lipinski definition) is 3. The highest BCUT2D eigenvalue weighted by Gasteiger charge is 2.34. The summed E-state index contributed by atoms with van der Waals surface area (Å²) >= 11 is 3.38. The molecule has 0 saturated carbocycles. The number of nitrogens with zero attached hydrogens (tertiary/aromatic N) is 1. The van der Waals surface area contributed by atoms with Crippen LogP contribution >= 0.6 is 15.9 Å². The van der Waals surface area contributed by atoms with Crippen LogP contribution in [0.3, 0.4) is 0 Å². The zero-order chi connectivity index (χ0) is 17.2. The second kappa shape index (κ2) is 6.84. The van der Waals surface area contributed by atoms with Crippen LogP contribution in [0.2, 0.25) is 0 Å². The first-order valence-electron chi connectivity index (χ1n) is 7.72. The van der Waals surface area contributed by atoms with Crippen molar-refractivity contribution >= 4 is 27.7 Å². The average molecular weight is 379 g/mol. The van der Waals surface area contributed by atoms with E-state index >= 15 is 0 Å². The topological polar surface area (TPSA) is 55.6 Å². The van der Waals surface area contributed by atoms with Gasteiger partial charge in [-0.25, -0.2) is 4.79 Å². The molecule has 0 radical (unpaired) electrons. The van der Waals surface area contributed by atoms with Gasteiger partial charge in [0.1, 0.15) is 5.60 Å². The molecule has 1 heterocycles. The summed E-state index contributed by atoms with van der Waals surface area (Å²) < 4.78 is 6.40. The van der Waals surface area contributed by atoms with Gasteiger partial charge in [0, 0.05) is 22.3 Å². The highest BCUT2D eigenvalue weighted by molar-refractivity contribution is 9.10. The van der Waals surface area contributed by atoms with Crippen molar-refractivity contribution in [3.63, 3.8) is 0 Å². The van der Waals surface area contributed by atoms with E-state index in [1.807, 2.05) is 39.0 Å². The van der Waals surface area contributed by atoms with Gasteiger partial charge in [0.2, 0.25) is 0 Å². The SMILES string of the molecule is CC1CC(C#Cc2ccc(Br)cc2N)N(C(=O)OC(C)(C)C)C1. The number of amides is 1. The van der Waals surface area contributed by atoms with Gasteiger partial charge in [-0.15, -0.1) is 0 Å². The number of nitrogen functional groups attached to an aromatic ring is 1. The van der Waals surface area contributed by atoms with E-state index in [4.69, 9.17) is 10.5 Å². The van der Waals surface area contributed by atoms with Crippen LogP contribution in [-0.4, -0.2) is 29.2 Å². The minimum absolute atomic E-state index is 0.136. The molecule has 2 atom stereocenters. The molecule has 1 aromatic rings. The molecular formula is C18H23BrN2O2. The second-order valence-corrected chi connectivity index (χ2v) is 7.91. The molecule has 1 amide bonds. The Morgan fingerprint density at radius 1 is 1.43 bits per heavy atom. The lowest BCUT2D eigenvalue weighted by atomic mass is 10.1. The molecule has 1 aromatic carbocycles. The van der Waals surface area contributed by atoms with Gasteiger partial charge in [0.25, 0.3) is 0 Å². The van der Waals surface area contributed by atoms with Crippen molar-refractivity contribution in [2.75, 3.05) is 12.3 Å². The van der Waals surface area contributed by atoms with Crippen molar-refractivity contribution < 1.29 is 9.53 Å². The zero-order valence-electron chi connectivity index (χ0n) is 14.0. The number of nitrogens with two attached hydrogens (primary N) is 1. The Balaban J connectivity index is 2.17. The Morgan fingerprint density at radius 3 is 2.74 bits per heavy atom. The number of carbonyl (C=O) groups is 1. The van der Waals surface area contributed by atoms with Crippen LogP contribution in [0.25, 0.3) is 0 Å². The van der Waals surface area contributed by atoms with Gasteiger partial charge in [-0.1, -0.05) is 34.7 Å². The highest BCUT2D eigenvalue weighted by Crippen LogP contribution is 2.25. The summed E-state index contributed by atoms with van der Waals surface area (Å²) in [4.78, 5) is 14.1. The van der Waals surface area contributed by atoms with E-state index < -0.39 is 5.60 Å². The molecule has 1 fully saturated rings. The largest absolute Gasteiger partial charge is 0.444 e. The van der Waals surface area contributed by atoms with E-state index in [-0.39, 0.29) is 12.1 Å². The molecular weight excluding hydrogens is 356 g/mol. The van der Waals surface area contributed by atoms with E-state index in [9.17, 15) is 4.79 Å². The molecule has 23 heavy (non-hydrogen) atoms. The van der Waals surface area contributed by atoms with Gasteiger partial charge in [-0.05, 0) is 51.3 Å². The molecule has 1 aliphatic rings. The summed E-state index contributed by atoms with van der Waals surface area (Å²) in [5.41, 5.74) is 6.87. The molecule has 0 spiro atoms. The molecule has 1 aliphatic heterocycles. The van der Waals surface area contributed by atoms with Crippen molar-refractivity contribution in [1.29, 1.82) is 0 Å². The van der Waals surface area contributed by atoms with Gasteiger partial charge >= 0.3 is 6.09 Å². The van der Waals surface area contributed by atoms with Crippen molar-refractivity contribution in [3.8, 4) is 11.8 Å². The standard InChI is InChI=1S/C18H23BrN2O2/c1-12-9-15(21(11-12)17(22)23-18(2,3)4)8-6-13-5-7-14(19)10-16(13)20/h5,7,10,12,15H,9,11,20H2,1-4H3. The van der Waals surface area contributed by atoms with Crippen molar-refractivity contribution in [1.82, 2.24) is 4.90 Å². The molecule has 2 N–H and O–H groups in total. The summed E-state index contributed by atoms with van der Waals surface area (Å²) in [6, 6.07) is 5.47. The third kappa shape index (κ3) is 4.90. The number of rotatable bonds is 0. The average Bonchev–Trinajstić information content (AvgIpc) is 2.77. The van der Waals surface area contributed by atoms with Gasteiger partial charge in [0.05, 0.1) is 6.04 Å². The summed E-state index contributed by atoms with van der Waals surface area (Å²) in [5.74, 6) is 6.70. The number of halogens is 1. The zero-order valence-corrected chi connectivity index (χ0v) is 15.6. The first-order valence-corrected chi connectivity index (χ1v) is 8.51. The maximum absolute atomic E-state index is 12.3. The van der Waals surface area contributed by atoms with Crippen LogP contribution in [-0.2, 0) is 4.74 Å². The van der Waals surface area contributed by atoms with Crippen LogP contribution in [0.5, 0.6) is 0 Å². The van der Waals surface area contributed by atoms with Crippen molar-refractivity contribution in [3.05, 3.63) is 28.2 Å². The Kier molecular flexibility index (Phi) is 5.26. The van der Waals surface area contributed by atoms with Crippen LogP contribution in [0, 0.1) is 17.8 Å². The summed E-state index contributed by atoms with van der Waals surface area (Å²) in [7, 11) is 0. The number of ether oxygens (including phenoxy) is 1. The Labute approximate surface area is 146 Å². The van der Waals surface area contributed by atoms with Crippen molar-refractivity contribution in [2.24, 2.45) is 5.92 Å². The molecule has 1 saturated heterocycles. The van der Waals surface area contributed by atoms with Crippen LogP contribution in [0.15, 0.2) is 22.7 Å². The number of likely N-dealkylation sites (tertiary alicyclic amines) is 1. The number of carbonyl (C=O) groups excluding carboxylic acids is 1. The lowest BCUT2D eigenvalue weighted by molar-refractivity contribution is 0.0256. The minimum Gasteiger partial charge on any atom is -0.444 e. The van der Waals surface area contributed by atoms with Gasteiger partial charge < -0.3 is 10.5 Å². The molecule has 5 heteroatoms. The fourth-order valence-electron chi connectivity index (χ4n) is 2.51. The molecule has 0 bridgehead atoms. The summed E-state index contributed by atoms with van der Waals surface area (Å²) in [6.45, 7) is 8.39. The predicted octanol–water partition coefficient (Wildman–Crippen LogP) is 4.03. The number of hydrogen-bond donors (Lipinski definition) is 1. The first kappa shape index (κ1) is 17.7. The van der Waals surface area contributed by atoms with E-state index in [1.165, 1.54) is 0 Å². The van der Waals surface area contributed by atoms with Crippen LogP contribution in [0.1, 0.15) is 39.7 Å². The maximum Gasteiger partial charge on any atom is 0.411 e. The van der Waals surface area contributed by atoms with Crippen LogP contribution in [0.4, 0.5) is 10.5 Å². The third-order valence-corrected chi connectivity index (χ3v) is 4.02. The van der Waals surface area contributed by atoms with Crippen molar-refractivity contribution in [2.45, 2.75) is 45.8 Å². The molecule has 4 nitrogen and oxygen atoms in total. The summed E-state index contributed by atoms with van der Waals surface area (Å²) in [5, 5.41) is 0. The van der Waals surface area contributed by atoms with Gasteiger partial charge in [-0.3, -0.25) is 4.90 Å². The lowest BCUT2D eigenvalue weighted by Gasteiger charge is -2.26. The smallest absolute Gasteiger partial charge is 0.411 e. The van der Waals surface area contributed by atoms with Gasteiger partial charge in [-0.2, -0.15) is 0 Å². The maximum atomic E-state index is 12.3. The lowest BCUT2D eigenvalue weighted by Crippen LogP contribution is -2.39. The fraction of sp³-hybridized carbons (Fsp3) is 0.500. The quantitative estimate of drug-likeness (QED) is 0.547. The fourth-order valence-corrected chi connectivity index (χ4v) is 2.89. The van der Waals surface area contributed by atoms with E-state index in [0.717, 1.165) is 16.5 Å². The second-order valence-electron chi connectivity index (χ2n) is 6.99. The predicted molar refractivity (Wildman–Crippen MR) is 95.9 cm³/mol. The number of benzene rings is 1. The Bertz CT molecular complexity index is 655. The number of anilines is 1. The summed E-state index contributed by atoms with van der Waals surface area (Å²) in [6.07, 6.45) is 0.549. The van der Waals surface area contributed by atoms with Gasteiger partial charge in [0.15, 0.2) is 0 Å². The van der Waals surface area contributed by atoms with E-state index in [2.05, 4.69) is 34.7 Å². The molecule has 2 unspecified atom stereocenters. The molecule has 0 aromatic heterocycles. The minimum atomic E-state index is -0.503.